The molecule has 158 valence electrons. The fourth-order valence-electron chi connectivity index (χ4n) is 4.49. The smallest absolute Gasteiger partial charge is 0.307 e. The molecule has 2 aliphatic carbocycles. The molecule has 1 aromatic carbocycles. The Morgan fingerprint density at radius 1 is 1.17 bits per heavy atom. The number of aryl methyl sites for hydroxylation is 2. The number of anilines is 1. The van der Waals surface area contributed by atoms with Crippen LogP contribution in [0.4, 0.5) is 10.5 Å². The standard InChI is InChI=1S/C22H31N3O3S/c1-4-13-25(6-3)15-18(5-2)29(27,28)24-22(26)23-21-19-11-7-9-16(19)14-17-10-8-12-20(17)21/h1,14,18H,5-13,15H2,2-3H3,(H2,23,24,26). The van der Waals surface area contributed by atoms with Crippen molar-refractivity contribution < 1.29 is 13.2 Å². The Balaban J connectivity index is 1.75. The molecule has 1 atom stereocenters. The second kappa shape index (κ2) is 9.19. The molecule has 0 spiro atoms. The van der Waals surface area contributed by atoms with Crippen molar-refractivity contribution in [3.05, 3.63) is 28.3 Å². The van der Waals surface area contributed by atoms with Crippen LogP contribution in [0.2, 0.25) is 0 Å². The molecular weight excluding hydrogens is 386 g/mol. The minimum atomic E-state index is -3.82. The third-order valence-electron chi connectivity index (χ3n) is 6.06. The van der Waals surface area contributed by atoms with Crippen LogP contribution in [-0.4, -0.2) is 44.2 Å². The molecule has 2 N–H and O–H groups in total. The second-order valence-corrected chi connectivity index (χ2v) is 9.86. The number of hydrogen-bond acceptors (Lipinski definition) is 4. The molecule has 3 rings (SSSR count). The van der Waals surface area contributed by atoms with E-state index < -0.39 is 21.3 Å². The van der Waals surface area contributed by atoms with E-state index in [9.17, 15) is 13.2 Å². The third kappa shape index (κ3) is 4.76. The normalized spacial score (nSPS) is 16.2. The van der Waals surface area contributed by atoms with E-state index in [0.29, 0.717) is 26.1 Å². The lowest BCUT2D eigenvalue weighted by atomic mass is 9.99. The van der Waals surface area contributed by atoms with E-state index in [1.54, 1.807) is 0 Å². The highest BCUT2D eigenvalue weighted by Crippen LogP contribution is 2.38. The van der Waals surface area contributed by atoms with Crippen molar-refractivity contribution in [2.45, 2.75) is 64.0 Å². The summed E-state index contributed by atoms with van der Waals surface area (Å²) in [6.07, 6.45) is 11.8. The van der Waals surface area contributed by atoms with Crippen molar-refractivity contribution in [3.63, 3.8) is 0 Å². The van der Waals surface area contributed by atoms with Gasteiger partial charge < -0.3 is 5.32 Å². The van der Waals surface area contributed by atoms with Gasteiger partial charge in [0.1, 0.15) is 0 Å². The Labute approximate surface area is 174 Å². The lowest BCUT2D eigenvalue weighted by molar-refractivity contribution is 0.256. The predicted octanol–water partition coefficient (Wildman–Crippen LogP) is 2.85. The zero-order valence-corrected chi connectivity index (χ0v) is 18.2. The van der Waals surface area contributed by atoms with Crippen LogP contribution in [0.15, 0.2) is 6.07 Å². The van der Waals surface area contributed by atoms with Crippen LogP contribution in [0.3, 0.4) is 0 Å². The van der Waals surface area contributed by atoms with Crippen molar-refractivity contribution in [1.29, 1.82) is 0 Å². The molecule has 0 fully saturated rings. The van der Waals surface area contributed by atoms with Crippen LogP contribution < -0.4 is 10.0 Å². The fraction of sp³-hybridized carbons (Fsp3) is 0.591. The van der Waals surface area contributed by atoms with Crippen molar-refractivity contribution in [1.82, 2.24) is 9.62 Å². The zero-order chi connectivity index (χ0) is 21.0. The molecule has 0 aromatic heterocycles. The molecule has 29 heavy (non-hydrogen) atoms. The van der Waals surface area contributed by atoms with Gasteiger partial charge in [0.05, 0.1) is 11.8 Å². The first-order chi connectivity index (χ1) is 13.9. The Morgan fingerprint density at radius 3 is 2.31 bits per heavy atom. The Hall–Kier alpha value is -2.04. The highest BCUT2D eigenvalue weighted by molar-refractivity contribution is 7.90. The number of carbonyl (C=O) groups excluding carboxylic acids is 1. The van der Waals surface area contributed by atoms with Crippen LogP contribution in [0, 0.1) is 12.3 Å². The average Bonchev–Trinajstić information content (AvgIpc) is 3.33. The van der Waals surface area contributed by atoms with Crippen LogP contribution >= 0.6 is 0 Å². The van der Waals surface area contributed by atoms with Gasteiger partial charge in [-0.05, 0) is 73.7 Å². The highest BCUT2D eigenvalue weighted by atomic mass is 32.2. The molecule has 2 amide bonds. The van der Waals surface area contributed by atoms with Crippen molar-refractivity contribution in [2.75, 3.05) is 25.0 Å². The number of hydrogen-bond donors (Lipinski definition) is 2. The summed E-state index contributed by atoms with van der Waals surface area (Å²) in [6, 6.07) is 1.61. The lowest BCUT2D eigenvalue weighted by Crippen LogP contribution is -2.45. The van der Waals surface area contributed by atoms with Gasteiger partial charge in [0.25, 0.3) is 0 Å². The predicted molar refractivity (Wildman–Crippen MR) is 117 cm³/mol. The molecule has 0 aliphatic heterocycles. The third-order valence-corrected chi connectivity index (χ3v) is 7.89. The number of nitrogens with zero attached hydrogens (tertiary/aromatic N) is 1. The van der Waals surface area contributed by atoms with Crippen LogP contribution in [0.5, 0.6) is 0 Å². The Kier molecular flexibility index (Phi) is 6.86. The number of fused-ring (bicyclic) bond motifs is 2. The van der Waals surface area contributed by atoms with Crippen molar-refractivity contribution in [2.24, 2.45) is 0 Å². The number of urea groups is 1. The van der Waals surface area contributed by atoms with E-state index in [4.69, 9.17) is 6.42 Å². The quantitative estimate of drug-likeness (QED) is 0.638. The molecule has 1 aromatic rings. The number of nitrogens with one attached hydrogen (secondary N) is 2. The number of amides is 2. The van der Waals surface area contributed by atoms with Gasteiger partial charge in [0.15, 0.2) is 0 Å². The van der Waals surface area contributed by atoms with E-state index in [1.807, 2.05) is 18.7 Å². The minimum absolute atomic E-state index is 0.302. The summed E-state index contributed by atoms with van der Waals surface area (Å²) in [5, 5.41) is 2.19. The lowest BCUT2D eigenvalue weighted by Gasteiger charge is -2.24. The van der Waals surface area contributed by atoms with Gasteiger partial charge in [-0.15, -0.1) is 6.42 Å². The van der Waals surface area contributed by atoms with Gasteiger partial charge in [0.2, 0.25) is 10.0 Å². The largest absolute Gasteiger partial charge is 0.332 e. The van der Waals surface area contributed by atoms with Gasteiger partial charge in [-0.3, -0.25) is 4.90 Å². The summed E-state index contributed by atoms with van der Waals surface area (Å²) in [5.41, 5.74) is 5.79. The number of benzene rings is 1. The van der Waals surface area contributed by atoms with Crippen LogP contribution in [0.25, 0.3) is 0 Å². The Morgan fingerprint density at radius 2 is 1.79 bits per heavy atom. The first-order valence-electron chi connectivity index (χ1n) is 10.5. The molecule has 1 unspecified atom stereocenters. The minimum Gasteiger partial charge on any atom is -0.307 e. The van der Waals surface area contributed by atoms with Crippen molar-refractivity contribution >= 4 is 21.7 Å². The zero-order valence-electron chi connectivity index (χ0n) is 17.4. The van der Waals surface area contributed by atoms with Gasteiger partial charge >= 0.3 is 6.03 Å². The number of sulfonamides is 1. The number of terminal acetylenes is 1. The summed E-state index contributed by atoms with van der Waals surface area (Å²) in [7, 11) is -3.82. The summed E-state index contributed by atoms with van der Waals surface area (Å²) in [5.74, 6) is 2.55. The fourth-order valence-corrected chi connectivity index (χ4v) is 5.81. The first-order valence-corrected chi connectivity index (χ1v) is 12.1. The molecule has 7 heteroatoms. The SMILES string of the molecule is C#CCN(CC)CC(CC)S(=O)(=O)NC(=O)Nc1c2c(cc3c1CCC3)CCC2. The van der Waals surface area contributed by atoms with E-state index in [-0.39, 0.29) is 0 Å². The maximum atomic E-state index is 12.8. The van der Waals surface area contributed by atoms with Crippen molar-refractivity contribution in [3.8, 4) is 12.3 Å². The second-order valence-electron chi connectivity index (χ2n) is 7.90. The number of carbonyl (C=O) groups is 1. The van der Waals surface area contributed by atoms with Gasteiger partial charge in [-0.1, -0.05) is 25.8 Å². The highest BCUT2D eigenvalue weighted by Gasteiger charge is 2.29. The first kappa shape index (κ1) is 21.7. The van der Waals surface area contributed by atoms with E-state index in [1.165, 1.54) is 22.3 Å². The summed E-state index contributed by atoms with van der Waals surface area (Å²) in [6.45, 7) is 5.09. The molecule has 0 saturated carbocycles. The maximum absolute atomic E-state index is 12.8. The summed E-state index contributed by atoms with van der Waals surface area (Å²) in [4.78, 5) is 14.6. The molecule has 0 radical (unpaired) electrons. The molecule has 0 saturated heterocycles. The topological polar surface area (TPSA) is 78.5 Å². The molecule has 2 aliphatic rings. The summed E-state index contributed by atoms with van der Waals surface area (Å²) >= 11 is 0. The monoisotopic (exact) mass is 417 g/mol. The Bertz CT molecular complexity index is 886. The van der Waals surface area contributed by atoms with Gasteiger partial charge in [0, 0.05) is 12.2 Å². The molecule has 0 bridgehead atoms. The molecule has 0 heterocycles. The van der Waals surface area contributed by atoms with Crippen LogP contribution in [0.1, 0.15) is 55.4 Å². The van der Waals surface area contributed by atoms with E-state index >= 15 is 0 Å². The summed E-state index contributed by atoms with van der Waals surface area (Å²) < 4.78 is 27.9. The van der Waals surface area contributed by atoms with Gasteiger partial charge in [-0.2, -0.15) is 0 Å². The molecule has 6 nitrogen and oxygen atoms in total. The van der Waals surface area contributed by atoms with E-state index in [0.717, 1.165) is 44.2 Å². The average molecular weight is 418 g/mol. The molecular formula is C22H31N3O3S. The number of rotatable bonds is 8. The van der Waals surface area contributed by atoms with E-state index in [2.05, 4.69) is 22.0 Å². The van der Waals surface area contributed by atoms with Gasteiger partial charge in [-0.25, -0.2) is 17.9 Å². The maximum Gasteiger partial charge on any atom is 0.332 e. The van der Waals surface area contributed by atoms with Crippen LogP contribution in [-0.2, 0) is 35.7 Å².